The maximum absolute atomic E-state index is 5.24. The summed E-state index contributed by atoms with van der Waals surface area (Å²) < 4.78 is 30.3. The van der Waals surface area contributed by atoms with Gasteiger partial charge in [-0.2, -0.15) is 0 Å². The van der Waals surface area contributed by atoms with Gasteiger partial charge in [0.05, 0.1) is 13.2 Å². The van der Waals surface area contributed by atoms with E-state index in [2.05, 4.69) is 0 Å². The first-order valence-corrected chi connectivity index (χ1v) is 4.29. The molecule has 1 aliphatic heterocycles. The van der Waals surface area contributed by atoms with E-state index in [4.69, 9.17) is 28.4 Å². The van der Waals surface area contributed by atoms with E-state index in [0.29, 0.717) is 13.2 Å². The lowest BCUT2D eigenvalue weighted by atomic mass is 10.7. The molecule has 0 aromatic heterocycles. The van der Waals surface area contributed by atoms with Crippen LogP contribution in [0.25, 0.3) is 0 Å². The molecule has 0 N–H and O–H groups in total. The molecule has 0 aromatic rings. The molecule has 0 saturated carbocycles. The zero-order valence-electron chi connectivity index (χ0n) is 8.65. The molecule has 0 spiro atoms. The second-order valence-electron chi connectivity index (χ2n) is 2.59. The summed E-state index contributed by atoms with van der Waals surface area (Å²) in [5, 5.41) is 0. The fourth-order valence-corrected chi connectivity index (χ4v) is 1.10. The molecule has 1 saturated heterocycles. The fourth-order valence-electron chi connectivity index (χ4n) is 1.10. The third-order valence-corrected chi connectivity index (χ3v) is 1.84. The smallest absolute Gasteiger partial charge is 0.348 e. The molecule has 0 bridgehead atoms. The van der Waals surface area contributed by atoms with Crippen molar-refractivity contribution in [2.45, 2.75) is 12.4 Å². The predicted octanol–water partition coefficient (Wildman–Crippen LogP) is -0.0736. The van der Waals surface area contributed by atoms with E-state index in [1.54, 1.807) is 0 Å². The average Bonchev–Trinajstić information content (AvgIpc) is 2.74. The van der Waals surface area contributed by atoms with Crippen LogP contribution in [0.5, 0.6) is 0 Å². The van der Waals surface area contributed by atoms with Crippen LogP contribution in [0.2, 0.25) is 0 Å². The third kappa shape index (κ3) is 2.88. The standard InChI is InChI=1S/C8H16O6/c1-9-8(10-2,11-3)14-6-7-12-4-5-13-7/h7H,4-6H2,1-3H3. The summed E-state index contributed by atoms with van der Waals surface area (Å²) in [6, 6.07) is 0. The van der Waals surface area contributed by atoms with Crippen LogP contribution < -0.4 is 0 Å². The van der Waals surface area contributed by atoms with Crippen LogP contribution in [0.1, 0.15) is 0 Å². The highest BCUT2D eigenvalue weighted by Crippen LogP contribution is 2.16. The summed E-state index contributed by atoms with van der Waals surface area (Å²) in [4.78, 5) is 0. The van der Waals surface area contributed by atoms with Gasteiger partial charge in [-0.1, -0.05) is 0 Å². The summed E-state index contributed by atoms with van der Waals surface area (Å²) in [6.45, 7) is 1.34. The van der Waals surface area contributed by atoms with E-state index >= 15 is 0 Å². The van der Waals surface area contributed by atoms with Crippen LogP contribution in [-0.4, -0.2) is 53.6 Å². The maximum Gasteiger partial charge on any atom is 0.412 e. The molecule has 1 fully saturated rings. The Bertz CT molecular complexity index is 144. The summed E-state index contributed by atoms with van der Waals surface area (Å²) in [5.41, 5.74) is 0. The molecule has 6 heteroatoms. The summed E-state index contributed by atoms with van der Waals surface area (Å²) in [5.74, 6) is 0. The van der Waals surface area contributed by atoms with Crippen LogP contribution >= 0.6 is 0 Å². The van der Waals surface area contributed by atoms with Crippen LogP contribution in [-0.2, 0) is 28.4 Å². The molecule has 6 nitrogen and oxygen atoms in total. The Kier molecular flexibility index (Phi) is 4.73. The largest absolute Gasteiger partial charge is 0.412 e. The molecule has 0 amide bonds. The van der Waals surface area contributed by atoms with Gasteiger partial charge in [0.15, 0.2) is 6.29 Å². The van der Waals surface area contributed by atoms with E-state index < -0.39 is 6.16 Å². The van der Waals surface area contributed by atoms with E-state index in [-0.39, 0.29) is 12.9 Å². The summed E-state index contributed by atoms with van der Waals surface area (Å²) in [7, 11) is 4.26. The number of hydrogen-bond acceptors (Lipinski definition) is 6. The number of hydrogen-bond donors (Lipinski definition) is 0. The molecule has 1 heterocycles. The van der Waals surface area contributed by atoms with Crippen molar-refractivity contribution in [3.05, 3.63) is 0 Å². The quantitative estimate of drug-likeness (QED) is 0.569. The first kappa shape index (κ1) is 11.8. The Hall–Kier alpha value is -0.240. The fraction of sp³-hybridized carbons (Fsp3) is 1.00. The van der Waals surface area contributed by atoms with Crippen LogP contribution in [0.4, 0.5) is 0 Å². The van der Waals surface area contributed by atoms with Gasteiger partial charge in [0.25, 0.3) is 0 Å². The highest BCUT2D eigenvalue weighted by atomic mass is 17.0. The SMILES string of the molecule is COC(OC)(OC)OCC1OCCO1. The topological polar surface area (TPSA) is 55.4 Å². The lowest BCUT2D eigenvalue weighted by Crippen LogP contribution is -2.41. The molecule has 0 atom stereocenters. The Balaban J connectivity index is 2.31. The number of ether oxygens (including phenoxy) is 6. The number of rotatable bonds is 6. The normalized spacial score (nSPS) is 19.1. The minimum Gasteiger partial charge on any atom is -0.348 e. The van der Waals surface area contributed by atoms with Gasteiger partial charge >= 0.3 is 6.16 Å². The first-order valence-electron chi connectivity index (χ1n) is 4.29. The molecule has 0 aromatic carbocycles. The van der Waals surface area contributed by atoms with Crippen molar-refractivity contribution in [2.24, 2.45) is 0 Å². The minimum atomic E-state index is -1.48. The van der Waals surface area contributed by atoms with Gasteiger partial charge in [0.1, 0.15) is 6.61 Å². The molecule has 14 heavy (non-hydrogen) atoms. The van der Waals surface area contributed by atoms with Gasteiger partial charge in [-0.15, -0.1) is 0 Å². The molecular weight excluding hydrogens is 192 g/mol. The second-order valence-corrected chi connectivity index (χ2v) is 2.59. The second kappa shape index (κ2) is 5.59. The lowest BCUT2D eigenvalue weighted by molar-refractivity contribution is -0.484. The van der Waals surface area contributed by atoms with Gasteiger partial charge in [-0.3, -0.25) is 4.74 Å². The zero-order chi connectivity index (χ0) is 10.4. The van der Waals surface area contributed by atoms with E-state index in [1.807, 2.05) is 0 Å². The average molecular weight is 208 g/mol. The highest BCUT2D eigenvalue weighted by molar-refractivity contribution is 4.51. The van der Waals surface area contributed by atoms with E-state index in [1.165, 1.54) is 21.3 Å². The van der Waals surface area contributed by atoms with Gasteiger partial charge in [0, 0.05) is 21.3 Å². The van der Waals surface area contributed by atoms with Crippen molar-refractivity contribution in [2.75, 3.05) is 41.2 Å². The van der Waals surface area contributed by atoms with Crippen LogP contribution in [0, 0.1) is 0 Å². The Morgan fingerprint density at radius 2 is 1.57 bits per heavy atom. The molecule has 1 aliphatic rings. The van der Waals surface area contributed by atoms with Crippen LogP contribution in [0.3, 0.4) is 0 Å². The van der Waals surface area contributed by atoms with Gasteiger partial charge in [-0.05, 0) is 0 Å². The van der Waals surface area contributed by atoms with E-state index in [9.17, 15) is 0 Å². The zero-order valence-corrected chi connectivity index (χ0v) is 8.65. The monoisotopic (exact) mass is 208 g/mol. The van der Waals surface area contributed by atoms with Crippen molar-refractivity contribution in [3.8, 4) is 0 Å². The minimum absolute atomic E-state index is 0.190. The molecule has 1 rings (SSSR count). The van der Waals surface area contributed by atoms with Crippen molar-refractivity contribution < 1.29 is 28.4 Å². The highest BCUT2D eigenvalue weighted by Gasteiger charge is 2.33. The molecule has 84 valence electrons. The first-order chi connectivity index (χ1) is 6.76. The van der Waals surface area contributed by atoms with Crippen molar-refractivity contribution in [1.29, 1.82) is 0 Å². The van der Waals surface area contributed by atoms with Crippen molar-refractivity contribution in [3.63, 3.8) is 0 Å². The third-order valence-electron chi connectivity index (χ3n) is 1.84. The van der Waals surface area contributed by atoms with Crippen LogP contribution in [0.15, 0.2) is 0 Å². The molecule has 0 unspecified atom stereocenters. The maximum atomic E-state index is 5.24. The Morgan fingerprint density at radius 1 is 1.07 bits per heavy atom. The van der Waals surface area contributed by atoms with Crippen molar-refractivity contribution in [1.82, 2.24) is 0 Å². The summed E-state index contributed by atoms with van der Waals surface area (Å²) in [6.07, 6.45) is -1.86. The molecule has 0 radical (unpaired) electrons. The Morgan fingerprint density at radius 3 is 2.00 bits per heavy atom. The van der Waals surface area contributed by atoms with E-state index in [0.717, 1.165) is 0 Å². The van der Waals surface area contributed by atoms with Gasteiger partial charge in [-0.25, -0.2) is 0 Å². The lowest BCUT2D eigenvalue weighted by Gasteiger charge is -2.28. The van der Waals surface area contributed by atoms with Gasteiger partial charge < -0.3 is 23.7 Å². The van der Waals surface area contributed by atoms with Gasteiger partial charge in [0.2, 0.25) is 0 Å². The number of methoxy groups -OCH3 is 3. The summed E-state index contributed by atoms with van der Waals surface area (Å²) >= 11 is 0. The molecular formula is C8H16O6. The molecule has 0 aliphatic carbocycles. The van der Waals surface area contributed by atoms with Crippen molar-refractivity contribution >= 4 is 0 Å². The Labute approximate surface area is 83.0 Å². The predicted molar refractivity (Wildman–Crippen MR) is 45.4 cm³/mol.